The van der Waals surface area contributed by atoms with Gasteiger partial charge in [-0.2, -0.15) is 0 Å². The van der Waals surface area contributed by atoms with Crippen molar-refractivity contribution < 1.29 is 4.79 Å². The fourth-order valence-electron chi connectivity index (χ4n) is 2.15. The number of rotatable bonds is 4. The number of likely N-dealkylation sites (N-methyl/N-ethyl adjacent to an activating group) is 1. The van der Waals surface area contributed by atoms with Crippen LogP contribution in [0, 0.1) is 0 Å². The van der Waals surface area contributed by atoms with Gasteiger partial charge in [-0.15, -0.1) is 0 Å². The molecule has 0 bridgehead atoms. The van der Waals surface area contributed by atoms with E-state index in [0.717, 1.165) is 6.54 Å². The number of hydrogen-bond donors (Lipinski definition) is 0. The number of carbonyl (C=O) groups excluding carboxylic acids is 1. The van der Waals surface area contributed by atoms with Gasteiger partial charge < -0.3 is 4.90 Å². The highest BCUT2D eigenvalue weighted by molar-refractivity contribution is 5.88. The zero-order chi connectivity index (χ0) is 11.1. The quantitative estimate of drug-likeness (QED) is 0.512. The second-order valence-corrected chi connectivity index (χ2v) is 3.95. The van der Waals surface area contributed by atoms with Crippen LogP contribution in [-0.4, -0.2) is 23.4 Å². The molecule has 1 aliphatic carbocycles. The molecule has 0 aromatic heterocycles. The Hall–Kier alpha value is -1.05. The minimum absolute atomic E-state index is 0.155. The average Bonchev–Trinajstić information content (AvgIpc) is 2.73. The fourth-order valence-corrected chi connectivity index (χ4v) is 2.15. The maximum Gasteiger partial charge on any atom is 0.246 e. The fraction of sp³-hybridized carbons (Fsp3) is 0.615. The van der Waals surface area contributed by atoms with E-state index in [1.807, 2.05) is 30.1 Å². The summed E-state index contributed by atoms with van der Waals surface area (Å²) in [5.41, 5.74) is 0. The minimum Gasteiger partial charge on any atom is -0.336 e. The van der Waals surface area contributed by atoms with E-state index in [0.29, 0.717) is 6.04 Å². The first kappa shape index (κ1) is 12.0. The highest BCUT2D eigenvalue weighted by atomic mass is 16.2. The van der Waals surface area contributed by atoms with Crippen molar-refractivity contribution in [3.05, 3.63) is 24.3 Å². The highest BCUT2D eigenvalue weighted by Gasteiger charge is 2.23. The smallest absolute Gasteiger partial charge is 0.246 e. The molecule has 2 heteroatoms. The van der Waals surface area contributed by atoms with E-state index in [9.17, 15) is 4.79 Å². The van der Waals surface area contributed by atoms with Crippen LogP contribution in [0.4, 0.5) is 0 Å². The van der Waals surface area contributed by atoms with Gasteiger partial charge in [0, 0.05) is 18.7 Å². The van der Waals surface area contributed by atoms with Crippen molar-refractivity contribution >= 4 is 5.91 Å². The first-order valence-corrected chi connectivity index (χ1v) is 5.89. The molecule has 15 heavy (non-hydrogen) atoms. The van der Waals surface area contributed by atoms with Crippen molar-refractivity contribution in [1.82, 2.24) is 4.90 Å². The van der Waals surface area contributed by atoms with Crippen LogP contribution in [0.25, 0.3) is 0 Å². The molecule has 1 rings (SSSR count). The lowest BCUT2D eigenvalue weighted by Gasteiger charge is -2.26. The van der Waals surface area contributed by atoms with Crippen LogP contribution < -0.4 is 0 Å². The number of hydrogen-bond acceptors (Lipinski definition) is 1. The first-order chi connectivity index (χ1) is 7.29. The lowest BCUT2D eigenvalue weighted by atomic mass is 10.2. The zero-order valence-electron chi connectivity index (χ0n) is 9.78. The number of amides is 1. The van der Waals surface area contributed by atoms with Gasteiger partial charge in [0.05, 0.1) is 0 Å². The van der Waals surface area contributed by atoms with Crippen LogP contribution in [0.3, 0.4) is 0 Å². The van der Waals surface area contributed by atoms with Crippen molar-refractivity contribution in [1.29, 1.82) is 0 Å². The van der Waals surface area contributed by atoms with Crippen molar-refractivity contribution in [2.45, 2.75) is 45.6 Å². The van der Waals surface area contributed by atoms with Gasteiger partial charge in [-0.1, -0.05) is 31.1 Å². The molecule has 84 valence electrons. The summed E-state index contributed by atoms with van der Waals surface area (Å²) >= 11 is 0. The molecule has 0 aromatic rings. The maximum atomic E-state index is 11.8. The van der Waals surface area contributed by atoms with E-state index in [1.165, 1.54) is 25.7 Å². The average molecular weight is 207 g/mol. The van der Waals surface area contributed by atoms with Crippen molar-refractivity contribution in [3.8, 4) is 0 Å². The summed E-state index contributed by atoms with van der Waals surface area (Å²) in [5, 5.41) is 0. The van der Waals surface area contributed by atoms with Gasteiger partial charge >= 0.3 is 0 Å². The van der Waals surface area contributed by atoms with Crippen LogP contribution in [0.15, 0.2) is 24.3 Å². The molecule has 1 aliphatic rings. The molecule has 0 atom stereocenters. The Labute approximate surface area is 92.7 Å². The molecule has 0 unspecified atom stereocenters. The predicted molar refractivity (Wildman–Crippen MR) is 63.6 cm³/mol. The van der Waals surface area contributed by atoms with Crippen LogP contribution in [0.2, 0.25) is 0 Å². The summed E-state index contributed by atoms with van der Waals surface area (Å²) in [6.45, 7) is 4.83. The van der Waals surface area contributed by atoms with Crippen molar-refractivity contribution in [3.63, 3.8) is 0 Å². The molecule has 1 saturated carbocycles. The summed E-state index contributed by atoms with van der Waals surface area (Å²) in [6, 6.07) is 0.484. The van der Waals surface area contributed by atoms with Gasteiger partial charge in [-0.3, -0.25) is 4.79 Å². The first-order valence-electron chi connectivity index (χ1n) is 5.89. The van der Waals surface area contributed by atoms with Crippen LogP contribution in [0.5, 0.6) is 0 Å². The molecular formula is C13H21NO. The Balaban J connectivity index is 2.53. The topological polar surface area (TPSA) is 20.3 Å². The SMILES string of the molecule is CC=C/C=C/C(=O)N(CC)C1CCCC1. The normalized spacial score (nSPS) is 18.0. The van der Waals surface area contributed by atoms with Crippen molar-refractivity contribution in [2.75, 3.05) is 6.54 Å². The van der Waals surface area contributed by atoms with E-state index >= 15 is 0 Å². The van der Waals surface area contributed by atoms with E-state index in [2.05, 4.69) is 6.92 Å². The summed E-state index contributed by atoms with van der Waals surface area (Å²) in [6.07, 6.45) is 12.2. The Kier molecular flexibility index (Phi) is 5.16. The van der Waals surface area contributed by atoms with Gasteiger partial charge in [0.15, 0.2) is 0 Å². The maximum absolute atomic E-state index is 11.8. The van der Waals surface area contributed by atoms with Gasteiger partial charge in [0.25, 0.3) is 0 Å². The largest absolute Gasteiger partial charge is 0.336 e. The molecule has 2 nitrogen and oxygen atoms in total. The molecule has 0 radical (unpaired) electrons. The Morgan fingerprint density at radius 1 is 1.33 bits per heavy atom. The molecule has 0 aliphatic heterocycles. The molecule has 0 N–H and O–H groups in total. The van der Waals surface area contributed by atoms with Crippen LogP contribution in [0.1, 0.15) is 39.5 Å². The van der Waals surface area contributed by atoms with Crippen molar-refractivity contribution in [2.24, 2.45) is 0 Å². The molecule has 0 aromatic carbocycles. The number of nitrogens with zero attached hydrogens (tertiary/aromatic N) is 1. The summed E-state index contributed by atoms with van der Waals surface area (Å²) < 4.78 is 0. The zero-order valence-corrected chi connectivity index (χ0v) is 9.78. The minimum atomic E-state index is 0.155. The third-order valence-corrected chi connectivity index (χ3v) is 2.93. The lowest BCUT2D eigenvalue weighted by molar-refractivity contribution is -0.127. The van der Waals surface area contributed by atoms with E-state index < -0.39 is 0 Å². The van der Waals surface area contributed by atoms with E-state index in [4.69, 9.17) is 0 Å². The predicted octanol–water partition coefficient (Wildman–Crippen LogP) is 2.91. The second kappa shape index (κ2) is 6.44. The Morgan fingerprint density at radius 2 is 2.00 bits per heavy atom. The molecule has 1 amide bonds. The molecule has 0 spiro atoms. The summed E-state index contributed by atoms with van der Waals surface area (Å²) in [4.78, 5) is 13.8. The standard InChI is InChI=1S/C13H21NO/c1-3-5-6-11-13(15)14(4-2)12-9-7-8-10-12/h3,5-6,11-12H,4,7-10H2,1-2H3/b5-3?,11-6+. The van der Waals surface area contributed by atoms with Crippen LogP contribution in [-0.2, 0) is 4.79 Å². The van der Waals surface area contributed by atoms with Gasteiger partial charge in [0.2, 0.25) is 5.91 Å². The third-order valence-electron chi connectivity index (χ3n) is 2.93. The van der Waals surface area contributed by atoms with Gasteiger partial charge in [0.1, 0.15) is 0 Å². The lowest BCUT2D eigenvalue weighted by Crippen LogP contribution is -2.37. The van der Waals surface area contributed by atoms with Crippen LogP contribution >= 0.6 is 0 Å². The monoisotopic (exact) mass is 207 g/mol. The molecule has 1 fully saturated rings. The second-order valence-electron chi connectivity index (χ2n) is 3.95. The molecule has 0 heterocycles. The van der Waals surface area contributed by atoms with Gasteiger partial charge in [-0.05, 0) is 26.7 Å². The summed E-state index contributed by atoms with van der Waals surface area (Å²) in [5.74, 6) is 0.155. The molecular weight excluding hydrogens is 186 g/mol. The summed E-state index contributed by atoms with van der Waals surface area (Å²) in [7, 11) is 0. The van der Waals surface area contributed by atoms with E-state index in [1.54, 1.807) is 6.08 Å². The highest BCUT2D eigenvalue weighted by Crippen LogP contribution is 2.23. The Morgan fingerprint density at radius 3 is 2.53 bits per heavy atom. The number of allylic oxidation sites excluding steroid dienone is 3. The Bertz CT molecular complexity index is 249. The number of carbonyl (C=O) groups is 1. The molecule has 0 saturated heterocycles. The van der Waals surface area contributed by atoms with Gasteiger partial charge in [-0.25, -0.2) is 0 Å². The third kappa shape index (κ3) is 3.54. The van der Waals surface area contributed by atoms with E-state index in [-0.39, 0.29) is 5.91 Å².